The van der Waals surface area contributed by atoms with Crippen LogP contribution in [0.15, 0.2) is 48.5 Å². The van der Waals surface area contributed by atoms with Crippen molar-refractivity contribution in [2.75, 3.05) is 13.1 Å². The zero-order chi connectivity index (χ0) is 18.7. The molecule has 0 atom stereocenters. The number of non-ortho nitro benzene ring substituents is 1. The summed E-state index contributed by atoms with van der Waals surface area (Å²) in [4.78, 5) is 24.2. The average Bonchev–Trinajstić information content (AvgIpc) is 2.67. The summed E-state index contributed by atoms with van der Waals surface area (Å²) >= 11 is 0. The van der Waals surface area contributed by atoms with Crippen LogP contribution in [-0.2, 0) is 0 Å². The molecule has 1 N–H and O–H groups in total. The van der Waals surface area contributed by atoms with Crippen LogP contribution in [0.25, 0.3) is 5.57 Å². The van der Waals surface area contributed by atoms with E-state index in [1.54, 1.807) is 17.0 Å². The molecule has 0 spiro atoms. The van der Waals surface area contributed by atoms with E-state index in [1.807, 2.05) is 18.2 Å². The van der Waals surface area contributed by atoms with Gasteiger partial charge in [0, 0.05) is 19.2 Å². The van der Waals surface area contributed by atoms with Gasteiger partial charge in [-0.15, -0.1) is 0 Å². The predicted octanol–water partition coefficient (Wildman–Crippen LogP) is 3.10. The molecule has 7 nitrogen and oxygen atoms in total. The van der Waals surface area contributed by atoms with E-state index < -0.39 is 10.7 Å². The Labute approximate surface area is 149 Å². The molecule has 0 aliphatic carbocycles. The van der Waals surface area contributed by atoms with Crippen molar-refractivity contribution >= 4 is 17.2 Å². The lowest BCUT2D eigenvalue weighted by Gasteiger charge is -2.27. The van der Waals surface area contributed by atoms with E-state index in [1.165, 1.54) is 12.1 Å². The predicted molar refractivity (Wildman–Crippen MR) is 94.4 cm³/mol. The first-order valence-corrected chi connectivity index (χ1v) is 7.96. The van der Waals surface area contributed by atoms with E-state index in [0.717, 1.165) is 17.2 Å². The second kappa shape index (κ2) is 7.07. The summed E-state index contributed by atoms with van der Waals surface area (Å²) < 4.78 is 0. The number of hydrogen-bond donors (Lipinski definition) is 1. The number of aromatic hydroxyl groups is 1. The third-order valence-corrected chi connectivity index (χ3v) is 4.30. The lowest BCUT2D eigenvalue weighted by molar-refractivity contribution is -0.384. The molecule has 0 saturated carbocycles. The summed E-state index contributed by atoms with van der Waals surface area (Å²) in [6.07, 6.45) is 2.58. The number of carbonyl (C=O) groups is 1. The summed E-state index contributed by atoms with van der Waals surface area (Å²) in [5.74, 6) is -0.765. The van der Waals surface area contributed by atoms with Gasteiger partial charge in [-0.1, -0.05) is 18.2 Å². The Kier molecular flexibility index (Phi) is 4.67. The van der Waals surface area contributed by atoms with Crippen molar-refractivity contribution in [1.82, 2.24) is 4.90 Å². The highest BCUT2D eigenvalue weighted by molar-refractivity contribution is 5.97. The molecule has 0 bridgehead atoms. The number of nitriles is 1. The van der Waals surface area contributed by atoms with Crippen LogP contribution in [0, 0.1) is 21.4 Å². The number of nitrogens with zero attached hydrogens (tertiary/aromatic N) is 3. The number of phenols is 1. The minimum atomic E-state index is -0.624. The number of benzene rings is 2. The largest absolute Gasteiger partial charge is 0.507 e. The van der Waals surface area contributed by atoms with Crippen LogP contribution in [0.2, 0.25) is 0 Å². The van der Waals surface area contributed by atoms with Crippen molar-refractivity contribution in [3.63, 3.8) is 0 Å². The summed E-state index contributed by atoms with van der Waals surface area (Å²) in [6, 6.07) is 12.8. The van der Waals surface area contributed by atoms with Crippen molar-refractivity contribution < 1.29 is 14.8 Å². The Hall–Kier alpha value is -3.66. The first kappa shape index (κ1) is 17.2. The average molecular weight is 349 g/mol. The van der Waals surface area contributed by atoms with Crippen molar-refractivity contribution in [1.29, 1.82) is 5.26 Å². The van der Waals surface area contributed by atoms with Gasteiger partial charge in [0.1, 0.15) is 5.75 Å². The Bertz CT molecular complexity index is 942. The quantitative estimate of drug-likeness (QED) is 0.677. The Morgan fingerprint density at radius 1 is 1.23 bits per heavy atom. The van der Waals surface area contributed by atoms with Gasteiger partial charge >= 0.3 is 0 Å². The van der Waals surface area contributed by atoms with E-state index >= 15 is 0 Å². The van der Waals surface area contributed by atoms with Gasteiger partial charge < -0.3 is 10.0 Å². The first-order chi connectivity index (χ1) is 12.5. The molecule has 2 aromatic rings. The second-order valence-electron chi connectivity index (χ2n) is 5.88. The number of rotatable bonds is 3. The molecule has 0 aromatic heterocycles. The van der Waals surface area contributed by atoms with Gasteiger partial charge in [0.2, 0.25) is 0 Å². The molecule has 0 unspecified atom stereocenters. The van der Waals surface area contributed by atoms with Gasteiger partial charge in [-0.05, 0) is 35.8 Å². The maximum absolute atomic E-state index is 12.6. The number of hydrogen-bond acceptors (Lipinski definition) is 5. The standard InChI is InChI=1S/C19H15N3O4/c20-12-13-1-3-14(4-2-13)15-7-9-21(10-8-15)19(24)17-6-5-16(22(25)26)11-18(17)23/h1-7,11,23H,8-10H2. The van der Waals surface area contributed by atoms with Gasteiger partial charge in [-0.2, -0.15) is 5.26 Å². The number of amides is 1. The second-order valence-corrected chi connectivity index (χ2v) is 5.88. The lowest BCUT2D eigenvalue weighted by atomic mass is 9.98. The topological polar surface area (TPSA) is 107 Å². The van der Waals surface area contributed by atoms with E-state index in [0.29, 0.717) is 25.1 Å². The fraction of sp³-hybridized carbons (Fsp3) is 0.158. The van der Waals surface area contributed by atoms with Gasteiger partial charge in [-0.25, -0.2) is 0 Å². The van der Waals surface area contributed by atoms with Gasteiger partial charge in [0.25, 0.3) is 11.6 Å². The SMILES string of the molecule is N#Cc1ccc(C2=CCN(C(=O)c3ccc([N+](=O)[O-])cc3O)CC2)cc1. The maximum Gasteiger partial charge on any atom is 0.273 e. The zero-order valence-corrected chi connectivity index (χ0v) is 13.8. The minimum Gasteiger partial charge on any atom is -0.507 e. The molecule has 0 saturated heterocycles. The third kappa shape index (κ3) is 3.39. The number of carbonyl (C=O) groups excluding carboxylic acids is 1. The van der Waals surface area contributed by atoms with E-state index in [4.69, 9.17) is 5.26 Å². The Morgan fingerprint density at radius 2 is 1.96 bits per heavy atom. The summed E-state index contributed by atoms with van der Waals surface area (Å²) in [6.45, 7) is 0.853. The van der Waals surface area contributed by atoms with Gasteiger partial charge in [0.05, 0.1) is 28.2 Å². The van der Waals surface area contributed by atoms with Crippen LogP contribution in [-0.4, -0.2) is 33.9 Å². The normalized spacial score (nSPS) is 13.7. The van der Waals surface area contributed by atoms with Crippen molar-refractivity contribution in [3.05, 3.63) is 75.3 Å². The van der Waals surface area contributed by atoms with E-state index in [9.17, 15) is 20.0 Å². The minimum absolute atomic E-state index is 0.0471. The van der Waals surface area contributed by atoms with E-state index in [2.05, 4.69) is 6.07 Å². The molecular weight excluding hydrogens is 334 g/mol. The molecule has 0 fully saturated rings. The van der Waals surface area contributed by atoms with Crippen LogP contribution >= 0.6 is 0 Å². The fourth-order valence-electron chi connectivity index (χ4n) is 2.86. The summed E-state index contributed by atoms with van der Waals surface area (Å²) in [7, 11) is 0. The molecule has 1 aliphatic heterocycles. The highest BCUT2D eigenvalue weighted by Gasteiger charge is 2.23. The maximum atomic E-state index is 12.6. The Balaban J connectivity index is 1.74. The van der Waals surface area contributed by atoms with Crippen LogP contribution in [0.5, 0.6) is 5.75 Å². The smallest absolute Gasteiger partial charge is 0.273 e. The molecule has 3 rings (SSSR count). The number of nitro benzene ring substituents is 1. The first-order valence-electron chi connectivity index (χ1n) is 7.96. The monoisotopic (exact) mass is 349 g/mol. The van der Waals surface area contributed by atoms with E-state index in [-0.39, 0.29) is 17.2 Å². The lowest BCUT2D eigenvalue weighted by Crippen LogP contribution is -2.34. The Morgan fingerprint density at radius 3 is 2.50 bits per heavy atom. The van der Waals surface area contributed by atoms with Crippen molar-refractivity contribution in [3.8, 4) is 11.8 Å². The van der Waals surface area contributed by atoms with Crippen LogP contribution < -0.4 is 0 Å². The van der Waals surface area contributed by atoms with Crippen LogP contribution in [0.4, 0.5) is 5.69 Å². The molecule has 1 amide bonds. The molecule has 130 valence electrons. The number of phenolic OH excluding ortho intramolecular Hbond substituents is 1. The molecule has 26 heavy (non-hydrogen) atoms. The fourth-order valence-corrected chi connectivity index (χ4v) is 2.86. The van der Waals surface area contributed by atoms with Gasteiger partial charge in [-0.3, -0.25) is 14.9 Å². The molecule has 0 radical (unpaired) electrons. The molecule has 1 heterocycles. The van der Waals surface area contributed by atoms with Crippen molar-refractivity contribution in [2.24, 2.45) is 0 Å². The molecule has 1 aliphatic rings. The summed E-state index contributed by atoms with van der Waals surface area (Å²) in [5.41, 5.74) is 2.47. The highest BCUT2D eigenvalue weighted by atomic mass is 16.6. The molecular formula is C19H15N3O4. The molecule has 2 aromatic carbocycles. The van der Waals surface area contributed by atoms with Crippen LogP contribution in [0.3, 0.4) is 0 Å². The third-order valence-electron chi connectivity index (χ3n) is 4.30. The molecule has 7 heteroatoms. The highest BCUT2D eigenvalue weighted by Crippen LogP contribution is 2.27. The van der Waals surface area contributed by atoms with Gasteiger partial charge in [0.15, 0.2) is 0 Å². The van der Waals surface area contributed by atoms with Crippen LogP contribution in [0.1, 0.15) is 27.9 Å². The number of nitro groups is 1. The zero-order valence-electron chi connectivity index (χ0n) is 13.8. The summed E-state index contributed by atoms with van der Waals surface area (Å²) in [5, 5.41) is 29.5. The van der Waals surface area contributed by atoms with Crippen molar-refractivity contribution in [2.45, 2.75) is 6.42 Å².